The molecule has 3 aromatic carbocycles. The van der Waals surface area contributed by atoms with Gasteiger partial charge in [-0.15, -0.1) is 0 Å². The number of nitrogens with one attached hydrogen (secondary N) is 1. The predicted molar refractivity (Wildman–Crippen MR) is 124 cm³/mol. The lowest BCUT2D eigenvalue weighted by Gasteiger charge is -2.35. The number of nitrogens with two attached hydrogens (primary N) is 1. The second-order valence-electron chi connectivity index (χ2n) is 7.63. The predicted octanol–water partition coefficient (Wildman–Crippen LogP) is 3.21. The molecule has 0 atom stereocenters. The van der Waals surface area contributed by atoms with Crippen LogP contribution in [0.4, 0.5) is 11.4 Å². The third-order valence-electron chi connectivity index (χ3n) is 5.54. The lowest BCUT2D eigenvalue weighted by Crippen LogP contribution is -2.48. The topological polar surface area (TPSA) is 78.7 Å². The van der Waals surface area contributed by atoms with Crippen molar-refractivity contribution in [3.8, 4) is 11.1 Å². The average Bonchev–Trinajstić information content (AvgIpc) is 2.80. The third-order valence-corrected chi connectivity index (χ3v) is 5.54. The second-order valence-corrected chi connectivity index (χ2v) is 7.63. The molecule has 0 spiro atoms. The van der Waals surface area contributed by atoms with Gasteiger partial charge < -0.3 is 16.0 Å². The number of benzene rings is 3. The molecular formula is C25H26N4O2. The highest BCUT2D eigenvalue weighted by Crippen LogP contribution is 2.27. The Kier molecular flexibility index (Phi) is 6.29. The van der Waals surface area contributed by atoms with Gasteiger partial charge in [0.1, 0.15) is 0 Å². The third kappa shape index (κ3) is 5.10. The fraction of sp³-hybridized carbons (Fsp3) is 0.200. The number of piperazine rings is 1. The van der Waals surface area contributed by atoms with Gasteiger partial charge in [0.05, 0.1) is 6.54 Å². The van der Waals surface area contributed by atoms with E-state index >= 15 is 0 Å². The maximum absolute atomic E-state index is 12.7. The zero-order valence-electron chi connectivity index (χ0n) is 17.3. The lowest BCUT2D eigenvalue weighted by molar-refractivity contribution is -0.117. The summed E-state index contributed by atoms with van der Waals surface area (Å²) < 4.78 is 0. The van der Waals surface area contributed by atoms with Crippen LogP contribution in [0.1, 0.15) is 10.4 Å². The minimum absolute atomic E-state index is 0.0114. The van der Waals surface area contributed by atoms with Crippen molar-refractivity contribution in [3.63, 3.8) is 0 Å². The standard InChI is InChI=1S/C25H26N4O2/c26-25(31)20-10-12-21(13-11-20)29-16-14-28(15-17-29)18-24(30)27-23-9-5-4-8-22(23)19-6-2-1-3-7-19/h1-13H,14-18H2,(H2,26,31)(H,27,30). The van der Waals surface area contributed by atoms with E-state index in [0.717, 1.165) is 48.7 Å². The summed E-state index contributed by atoms with van der Waals surface area (Å²) in [4.78, 5) is 28.4. The largest absolute Gasteiger partial charge is 0.369 e. The van der Waals surface area contributed by atoms with Crippen LogP contribution in [-0.4, -0.2) is 49.4 Å². The van der Waals surface area contributed by atoms with Crippen LogP contribution in [0.25, 0.3) is 11.1 Å². The first-order chi connectivity index (χ1) is 15.1. The molecule has 158 valence electrons. The quantitative estimate of drug-likeness (QED) is 0.649. The average molecular weight is 415 g/mol. The summed E-state index contributed by atoms with van der Waals surface area (Å²) in [7, 11) is 0. The van der Waals surface area contributed by atoms with Crippen molar-refractivity contribution in [2.75, 3.05) is 42.9 Å². The van der Waals surface area contributed by atoms with E-state index in [9.17, 15) is 9.59 Å². The number of carbonyl (C=O) groups is 2. The normalized spacial score (nSPS) is 14.3. The molecule has 3 N–H and O–H groups in total. The SMILES string of the molecule is NC(=O)c1ccc(N2CCN(CC(=O)Nc3ccccc3-c3ccccc3)CC2)cc1. The molecule has 0 unspecified atom stereocenters. The number of para-hydroxylation sites is 1. The van der Waals surface area contributed by atoms with Gasteiger partial charge in [-0.25, -0.2) is 0 Å². The first-order valence-electron chi connectivity index (χ1n) is 10.4. The molecule has 1 heterocycles. The Morgan fingerprint density at radius 1 is 0.806 bits per heavy atom. The van der Waals surface area contributed by atoms with Crippen molar-refractivity contribution >= 4 is 23.2 Å². The number of nitrogens with zero attached hydrogens (tertiary/aromatic N) is 2. The molecule has 4 rings (SSSR count). The van der Waals surface area contributed by atoms with Crippen molar-refractivity contribution in [3.05, 3.63) is 84.4 Å². The van der Waals surface area contributed by atoms with Crippen molar-refractivity contribution in [1.29, 1.82) is 0 Å². The summed E-state index contributed by atoms with van der Waals surface area (Å²) in [6.07, 6.45) is 0. The molecule has 0 bridgehead atoms. The molecule has 2 amide bonds. The molecule has 1 fully saturated rings. The highest BCUT2D eigenvalue weighted by molar-refractivity contribution is 5.96. The van der Waals surface area contributed by atoms with Gasteiger partial charge in [-0.05, 0) is 35.9 Å². The van der Waals surface area contributed by atoms with Crippen LogP contribution >= 0.6 is 0 Å². The van der Waals surface area contributed by atoms with E-state index in [0.29, 0.717) is 12.1 Å². The lowest BCUT2D eigenvalue weighted by atomic mass is 10.0. The number of hydrogen-bond acceptors (Lipinski definition) is 4. The van der Waals surface area contributed by atoms with E-state index in [2.05, 4.69) is 15.1 Å². The van der Waals surface area contributed by atoms with Crippen molar-refractivity contribution in [2.45, 2.75) is 0 Å². The maximum atomic E-state index is 12.7. The van der Waals surface area contributed by atoms with E-state index in [4.69, 9.17) is 5.73 Å². The number of hydrogen-bond donors (Lipinski definition) is 2. The van der Waals surface area contributed by atoms with Crippen molar-refractivity contribution < 1.29 is 9.59 Å². The van der Waals surface area contributed by atoms with E-state index < -0.39 is 5.91 Å². The van der Waals surface area contributed by atoms with Gasteiger partial charge in [0, 0.05) is 48.7 Å². The van der Waals surface area contributed by atoms with Crippen LogP contribution in [0, 0.1) is 0 Å². The molecular weight excluding hydrogens is 388 g/mol. The Morgan fingerprint density at radius 3 is 2.13 bits per heavy atom. The molecule has 3 aromatic rings. The van der Waals surface area contributed by atoms with Gasteiger partial charge in [0.15, 0.2) is 0 Å². The zero-order valence-corrected chi connectivity index (χ0v) is 17.3. The summed E-state index contributed by atoms with van der Waals surface area (Å²) in [5.41, 5.74) is 9.80. The van der Waals surface area contributed by atoms with Crippen LogP contribution in [0.3, 0.4) is 0 Å². The summed E-state index contributed by atoms with van der Waals surface area (Å²) >= 11 is 0. The van der Waals surface area contributed by atoms with Gasteiger partial charge in [-0.1, -0.05) is 48.5 Å². The van der Waals surface area contributed by atoms with E-state index in [-0.39, 0.29) is 5.91 Å². The maximum Gasteiger partial charge on any atom is 0.248 e. The van der Waals surface area contributed by atoms with E-state index in [1.807, 2.05) is 66.7 Å². The zero-order chi connectivity index (χ0) is 21.6. The molecule has 1 saturated heterocycles. The van der Waals surface area contributed by atoms with E-state index in [1.54, 1.807) is 12.1 Å². The first kappa shape index (κ1) is 20.6. The van der Waals surface area contributed by atoms with Crippen LogP contribution in [0.15, 0.2) is 78.9 Å². The highest BCUT2D eigenvalue weighted by atomic mass is 16.2. The molecule has 0 aromatic heterocycles. The number of anilines is 2. The molecule has 6 heteroatoms. The summed E-state index contributed by atoms with van der Waals surface area (Å²) in [5.74, 6) is -0.432. The fourth-order valence-corrected chi connectivity index (χ4v) is 3.86. The minimum atomic E-state index is -0.420. The molecule has 1 aliphatic heterocycles. The Morgan fingerprint density at radius 2 is 1.45 bits per heavy atom. The molecule has 0 radical (unpaired) electrons. The monoisotopic (exact) mass is 414 g/mol. The smallest absolute Gasteiger partial charge is 0.248 e. The van der Waals surface area contributed by atoms with E-state index in [1.165, 1.54) is 0 Å². The Labute approximate surface area is 182 Å². The Bertz CT molecular complexity index is 1040. The summed E-state index contributed by atoms with van der Waals surface area (Å²) in [5, 5.41) is 3.08. The Balaban J connectivity index is 1.32. The second kappa shape index (κ2) is 9.45. The van der Waals surface area contributed by atoms with Crippen molar-refractivity contribution in [2.24, 2.45) is 5.73 Å². The number of primary amides is 1. The Hall–Kier alpha value is -3.64. The number of carbonyl (C=O) groups excluding carboxylic acids is 2. The summed E-state index contributed by atoms with van der Waals surface area (Å²) in [6, 6.07) is 25.3. The summed E-state index contributed by atoms with van der Waals surface area (Å²) in [6.45, 7) is 3.60. The van der Waals surface area contributed by atoms with Crippen LogP contribution in [-0.2, 0) is 4.79 Å². The molecule has 0 aliphatic carbocycles. The molecule has 0 saturated carbocycles. The molecule has 6 nitrogen and oxygen atoms in total. The van der Waals surface area contributed by atoms with Gasteiger partial charge in [0.25, 0.3) is 0 Å². The molecule has 1 aliphatic rings. The van der Waals surface area contributed by atoms with Gasteiger partial charge in [-0.3, -0.25) is 14.5 Å². The van der Waals surface area contributed by atoms with Crippen LogP contribution < -0.4 is 16.0 Å². The molecule has 31 heavy (non-hydrogen) atoms. The van der Waals surface area contributed by atoms with Gasteiger partial charge in [0.2, 0.25) is 11.8 Å². The number of amides is 2. The first-order valence-corrected chi connectivity index (χ1v) is 10.4. The number of rotatable bonds is 6. The van der Waals surface area contributed by atoms with Gasteiger partial charge >= 0.3 is 0 Å². The van der Waals surface area contributed by atoms with Crippen molar-refractivity contribution in [1.82, 2.24) is 4.90 Å². The van der Waals surface area contributed by atoms with Crippen LogP contribution in [0.2, 0.25) is 0 Å². The fourth-order valence-electron chi connectivity index (χ4n) is 3.86. The van der Waals surface area contributed by atoms with Crippen LogP contribution in [0.5, 0.6) is 0 Å². The highest BCUT2D eigenvalue weighted by Gasteiger charge is 2.20. The van der Waals surface area contributed by atoms with Gasteiger partial charge in [-0.2, -0.15) is 0 Å². The minimum Gasteiger partial charge on any atom is -0.369 e.